The highest BCUT2D eigenvalue weighted by Gasteiger charge is 2.21. The fourth-order valence-electron chi connectivity index (χ4n) is 3.32. The maximum Gasteiger partial charge on any atom is 0.227 e. The van der Waals surface area contributed by atoms with Gasteiger partial charge in [0, 0.05) is 39.1 Å². The van der Waals surface area contributed by atoms with Crippen LogP contribution in [0.5, 0.6) is 5.75 Å². The van der Waals surface area contributed by atoms with Gasteiger partial charge in [0.15, 0.2) is 0 Å². The molecule has 1 heterocycles. The number of piperazine rings is 1. The molecule has 1 aliphatic rings. The van der Waals surface area contributed by atoms with Crippen LogP contribution in [-0.2, 0) is 16.0 Å². The molecule has 2 amide bonds. The number of methoxy groups -OCH3 is 1. The third-order valence-electron chi connectivity index (χ3n) is 5.02. The molecule has 0 unspecified atom stereocenters. The van der Waals surface area contributed by atoms with E-state index in [1.54, 1.807) is 25.3 Å². The zero-order chi connectivity index (χ0) is 20.6. The number of benzene rings is 2. The minimum atomic E-state index is -0.441. The Labute approximate surface area is 170 Å². The molecule has 0 saturated carbocycles. The number of hydrogen-bond acceptors (Lipinski definition) is 4. The van der Waals surface area contributed by atoms with Crippen molar-refractivity contribution in [1.29, 1.82) is 0 Å². The van der Waals surface area contributed by atoms with Gasteiger partial charge in [-0.05, 0) is 29.8 Å². The van der Waals surface area contributed by atoms with Gasteiger partial charge < -0.3 is 15.0 Å². The number of rotatable bonds is 7. The maximum atomic E-state index is 13.6. The zero-order valence-electron chi connectivity index (χ0n) is 16.6. The molecule has 154 valence electrons. The second-order valence-corrected chi connectivity index (χ2v) is 7.03. The first-order valence-electron chi connectivity index (χ1n) is 9.72. The van der Waals surface area contributed by atoms with Crippen molar-refractivity contribution in [2.24, 2.45) is 0 Å². The summed E-state index contributed by atoms with van der Waals surface area (Å²) in [6.45, 7) is 3.29. The van der Waals surface area contributed by atoms with Crippen molar-refractivity contribution < 1.29 is 18.7 Å². The molecular weight excluding hydrogens is 373 g/mol. The Bertz CT molecular complexity index is 851. The van der Waals surface area contributed by atoms with Crippen molar-refractivity contribution in [2.45, 2.75) is 12.8 Å². The van der Waals surface area contributed by atoms with Crippen molar-refractivity contribution in [2.75, 3.05) is 45.2 Å². The van der Waals surface area contributed by atoms with Gasteiger partial charge >= 0.3 is 0 Å². The second kappa shape index (κ2) is 10.0. The quantitative estimate of drug-likeness (QED) is 0.777. The minimum absolute atomic E-state index is 0.0928. The van der Waals surface area contributed by atoms with E-state index in [9.17, 15) is 14.0 Å². The lowest BCUT2D eigenvalue weighted by molar-refractivity contribution is -0.132. The number of amides is 2. The number of para-hydroxylation sites is 1. The lowest BCUT2D eigenvalue weighted by Crippen LogP contribution is -2.49. The monoisotopic (exact) mass is 399 g/mol. The molecule has 0 atom stereocenters. The number of carbonyl (C=O) groups is 2. The zero-order valence-corrected chi connectivity index (χ0v) is 16.6. The van der Waals surface area contributed by atoms with Gasteiger partial charge in [0.05, 0.1) is 19.2 Å². The average molecular weight is 399 g/mol. The molecule has 0 aliphatic carbocycles. The molecule has 0 radical (unpaired) electrons. The van der Waals surface area contributed by atoms with E-state index in [2.05, 4.69) is 10.2 Å². The van der Waals surface area contributed by atoms with Crippen LogP contribution in [0.15, 0.2) is 48.5 Å². The summed E-state index contributed by atoms with van der Waals surface area (Å²) in [5.74, 6) is 0.180. The molecule has 2 aromatic rings. The summed E-state index contributed by atoms with van der Waals surface area (Å²) >= 11 is 0. The van der Waals surface area contributed by atoms with E-state index in [0.29, 0.717) is 26.1 Å². The molecule has 0 aromatic heterocycles. The van der Waals surface area contributed by atoms with E-state index in [0.717, 1.165) is 24.4 Å². The largest absolute Gasteiger partial charge is 0.497 e. The van der Waals surface area contributed by atoms with Crippen LogP contribution in [-0.4, -0.2) is 61.4 Å². The molecule has 29 heavy (non-hydrogen) atoms. The molecule has 0 bridgehead atoms. The van der Waals surface area contributed by atoms with E-state index in [1.807, 2.05) is 29.2 Å². The van der Waals surface area contributed by atoms with Crippen molar-refractivity contribution in [3.05, 3.63) is 59.9 Å². The first-order chi connectivity index (χ1) is 14.0. The summed E-state index contributed by atoms with van der Waals surface area (Å²) in [5.41, 5.74) is 1.13. The van der Waals surface area contributed by atoms with Crippen molar-refractivity contribution in [3.63, 3.8) is 0 Å². The fraction of sp³-hybridized carbons (Fsp3) is 0.364. The number of hydrogen-bond donors (Lipinski definition) is 1. The Morgan fingerprint density at radius 3 is 2.55 bits per heavy atom. The molecule has 2 aromatic carbocycles. The van der Waals surface area contributed by atoms with Gasteiger partial charge in [-0.25, -0.2) is 4.39 Å². The minimum Gasteiger partial charge on any atom is -0.497 e. The van der Waals surface area contributed by atoms with Crippen LogP contribution < -0.4 is 10.1 Å². The Balaban J connectivity index is 1.40. The van der Waals surface area contributed by atoms with E-state index in [-0.39, 0.29) is 23.9 Å². The number of nitrogens with zero attached hydrogens (tertiary/aromatic N) is 2. The first kappa shape index (κ1) is 20.8. The predicted octanol–water partition coefficient (Wildman–Crippen LogP) is 2.55. The summed E-state index contributed by atoms with van der Waals surface area (Å²) in [6.07, 6.45) is 0.633. The second-order valence-electron chi connectivity index (χ2n) is 7.03. The molecule has 3 rings (SSSR count). The van der Waals surface area contributed by atoms with Crippen LogP contribution in [0, 0.1) is 5.82 Å². The smallest absolute Gasteiger partial charge is 0.227 e. The van der Waals surface area contributed by atoms with Crippen LogP contribution in [0.2, 0.25) is 0 Å². The van der Waals surface area contributed by atoms with Gasteiger partial charge in [-0.3, -0.25) is 14.5 Å². The van der Waals surface area contributed by atoms with E-state index < -0.39 is 5.82 Å². The average Bonchev–Trinajstić information content (AvgIpc) is 2.74. The van der Waals surface area contributed by atoms with Gasteiger partial charge in [-0.1, -0.05) is 24.3 Å². The third kappa shape index (κ3) is 6.02. The number of carbonyl (C=O) groups excluding carboxylic acids is 2. The fourth-order valence-corrected chi connectivity index (χ4v) is 3.32. The standard InChI is InChI=1S/C22H26FN3O3/c1-29-18-6-4-5-17(15-18)16-22(28)26-13-11-25(12-14-26)10-9-21(27)24-20-8-3-2-7-19(20)23/h2-8,15H,9-14,16H2,1H3,(H,24,27). The summed E-state index contributed by atoms with van der Waals surface area (Å²) in [7, 11) is 1.61. The molecular formula is C22H26FN3O3. The molecule has 1 N–H and O–H groups in total. The highest BCUT2D eigenvalue weighted by atomic mass is 19.1. The summed E-state index contributed by atoms with van der Waals surface area (Å²) in [4.78, 5) is 28.6. The van der Waals surface area contributed by atoms with Crippen molar-refractivity contribution in [1.82, 2.24) is 9.80 Å². The normalized spacial score (nSPS) is 14.5. The van der Waals surface area contributed by atoms with Gasteiger partial charge in [0.25, 0.3) is 0 Å². The summed E-state index contributed by atoms with van der Waals surface area (Å²) in [5, 5.41) is 2.60. The maximum absolute atomic E-state index is 13.6. The Morgan fingerprint density at radius 2 is 1.83 bits per heavy atom. The van der Waals surface area contributed by atoms with Gasteiger partial charge in [-0.2, -0.15) is 0 Å². The Kier molecular flexibility index (Phi) is 7.19. The molecule has 1 saturated heterocycles. The van der Waals surface area contributed by atoms with Crippen LogP contribution in [0.4, 0.5) is 10.1 Å². The van der Waals surface area contributed by atoms with E-state index >= 15 is 0 Å². The van der Waals surface area contributed by atoms with Gasteiger partial charge in [-0.15, -0.1) is 0 Å². The first-order valence-corrected chi connectivity index (χ1v) is 9.72. The molecule has 1 aliphatic heterocycles. The molecule has 6 nitrogen and oxygen atoms in total. The summed E-state index contributed by atoms with van der Waals surface area (Å²) < 4.78 is 18.8. The molecule has 1 fully saturated rings. The van der Waals surface area contributed by atoms with Crippen LogP contribution in [0.3, 0.4) is 0 Å². The van der Waals surface area contributed by atoms with Crippen LogP contribution in [0.1, 0.15) is 12.0 Å². The summed E-state index contributed by atoms with van der Waals surface area (Å²) in [6, 6.07) is 13.7. The molecule has 7 heteroatoms. The highest BCUT2D eigenvalue weighted by Crippen LogP contribution is 2.15. The topological polar surface area (TPSA) is 61.9 Å². The van der Waals surface area contributed by atoms with Gasteiger partial charge in [0.2, 0.25) is 11.8 Å². The SMILES string of the molecule is COc1cccc(CC(=O)N2CCN(CCC(=O)Nc3ccccc3F)CC2)c1. The van der Waals surface area contributed by atoms with Crippen LogP contribution in [0.25, 0.3) is 0 Å². The van der Waals surface area contributed by atoms with Crippen LogP contribution >= 0.6 is 0 Å². The molecule has 0 spiro atoms. The lowest BCUT2D eigenvalue weighted by Gasteiger charge is -2.34. The number of nitrogens with one attached hydrogen (secondary N) is 1. The number of halogens is 1. The third-order valence-corrected chi connectivity index (χ3v) is 5.02. The van der Waals surface area contributed by atoms with Crippen molar-refractivity contribution >= 4 is 17.5 Å². The van der Waals surface area contributed by atoms with Gasteiger partial charge in [0.1, 0.15) is 11.6 Å². The predicted molar refractivity (Wildman–Crippen MR) is 109 cm³/mol. The van der Waals surface area contributed by atoms with E-state index in [4.69, 9.17) is 4.74 Å². The van der Waals surface area contributed by atoms with E-state index in [1.165, 1.54) is 6.07 Å². The lowest BCUT2D eigenvalue weighted by atomic mass is 10.1. The Hall–Kier alpha value is -2.93. The number of anilines is 1. The Morgan fingerprint density at radius 1 is 1.07 bits per heavy atom. The number of ether oxygens (including phenoxy) is 1. The van der Waals surface area contributed by atoms with Crippen molar-refractivity contribution in [3.8, 4) is 5.75 Å². The highest BCUT2D eigenvalue weighted by molar-refractivity contribution is 5.90.